The molecule has 1 saturated heterocycles. The van der Waals surface area contributed by atoms with Crippen molar-refractivity contribution in [2.75, 3.05) is 37.1 Å². The second-order valence-electron chi connectivity index (χ2n) is 5.26. The summed E-state index contributed by atoms with van der Waals surface area (Å²) < 4.78 is 5.32. The average molecular weight is 295 g/mol. The summed E-state index contributed by atoms with van der Waals surface area (Å²) >= 11 is 0. The molecule has 116 valence electrons. The molecule has 1 aromatic heterocycles. The van der Waals surface area contributed by atoms with Gasteiger partial charge >= 0.3 is 6.01 Å². The van der Waals surface area contributed by atoms with Crippen LogP contribution in [0.3, 0.4) is 0 Å². The largest absolute Gasteiger partial charge is 0.464 e. The molecule has 2 rings (SSSR count). The molecule has 1 aliphatic heterocycles. The number of carbonyl (C=O) groups excluding carboxylic acids is 1. The number of carbonyl (C=O) groups is 1. The maximum Gasteiger partial charge on any atom is 0.323 e. The van der Waals surface area contributed by atoms with Crippen molar-refractivity contribution in [1.29, 1.82) is 0 Å². The van der Waals surface area contributed by atoms with Crippen molar-refractivity contribution in [3.8, 4) is 6.01 Å². The van der Waals surface area contributed by atoms with Gasteiger partial charge in [0.15, 0.2) is 0 Å². The first-order chi connectivity index (χ1) is 9.90. The van der Waals surface area contributed by atoms with E-state index in [1.165, 1.54) is 0 Å². The Kier molecular flexibility index (Phi) is 4.12. The van der Waals surface area contributed by atoms with Gasteiger partial charge in [-0.3, -0.25) is 10.2 Å². The second-order valence-corrected chi connectivity index (χ2v) is 5.26. The smallest absolute Gasteiger partial charge is 0.323 e. The lowest BCUT2D eigenvalue weighted by molar-refractivity contribution is -0.136. The lowest BCUT2D eigenvalue weighted by atomic mass is 9.98. The molecule has 0 bridgehead atoms. The van der Waals surface area contributed by atoms with E-state index in [9.17, 15) is 4.79 Å². The summed E-state index contributed by atoms with van der Waals surface area (Å²) in [7, 11) is 1.79. The number of ether oxygens (including phenoxy) is 1. The van der Waals surface area contributed by atoms with E-state index in [-0.39, 0.29) is 17.9 Å². The quantitative estimate of drug-likeness (QED) is 0.571. The highest BCUT2D eigenvalue weighted by atomic mass is 16.5. The molecule has 1 aromatic rings. The number of amides is 1. The van der Waals surface area contributed by atoms with Gasteiger partial charge in [-0.25, -0.2) is 5.84 Å². The number of hydrogen-bond acceptors (Lipinski definition) is 8. The van der Waals surface area contributed by atoms with Crippen molar-refractivity contribution in [2.45, 2.75) is 26.3 Å². The number of nitrogens with zero attached hydrogens (tertiary/aromatic N) is 5. The van der Waals surface area contributed by atoms with E-state index in [2.05, 4.69) is 20.4 Å². The molecular formula is C12H21N7O2. The van der Waals surface area contributed by atoms with E-state index < -0.39 is 5.54 Å². The molecule has 0 aliphatic carbocycles. The molecule has 0 atom stereocenters. The molecule has 0 spiro atoms. The van der Waals surface area contributed by atoms with Gasteiger partial charge in [-0.2, -0.15) is 15.0 Å². The Morgan fingerprint density at radius 2 is 2.05 bits per heavy atom. The van der Waals surface area contributed by atoms with Crippen molar-refractivity contribution in [3.63, 3.8) is 0 Å². The predicted octanol–water partition coefficient (Wildman–Crippen LogP) is -0.387. The SMILES string of the molecule is CCOc1nc(NN)nc(N2CCN(C)C(=O)C2(C)C)n1. The summed E-state index contributed by atoms with van der Waals surface area (Å²) in [5, 5.41) is 0. The summed E-state index contributed by atoms with van der Waals surface area (Å²) in [5.74, 6) is 5.95. The Hall–Kier alpha value is -2.16. The molecule has 9 heteroatoms. The van der Waals surface area contributed by atoms with Gasteiger partial charge in [0.1, 0.15) is 5.54 Å². The Morgan fingerprint density at radius 1 is 1.33 bits per heavy atom. The van der Waals surface area contributed by atoms with E-state index in [4.69, 9.17) is 10.6 Å². The number of anilines is 2. The Morgan fingerprint density at radius 3 is 2.67 bits per heavy atom. The number of nitrogens with one attached hydrogen (secondary N) is 1. The van der Waals surface area contributed by atoms with Gasteiger partial charge in [0, 0.05) is 20.1 Å². The van der Waals surface area contributed by atoms with Crippen molar-refractivity contribution in [3.05, 3.63) is 0 Å². The summed E-state index contributed by atoms with van der Waals surface area (Å²) in [4.78, 5) is 28.4. The maximum atomic E-state index is 12.3. The zero-order valence-electron chi connectivity index (χ0n) is 12.8. The van der Waals surface area contributed by atoms with Crippen LogP contribution in [-0.2, 0) is 4.79 Å². The molecule has 1 aliphatic rings. The predicted molar refractivity (Wildman–Crippen MR) is 77.9 cm³/mol. The molecule has 0 radical (unpaired) electrons. The van der Waals surface area contributed by atoms with Crippen molar-refractivity contribution in [1.82, 2.24) is 19.9 Å². The molecular weight excluding hydrogens is 274 g/mol. The molecule has 0 unspecified atom stereocenters. The van der Waals surface area contributed by atoms with E-state index in [0.717, 1.165) is 0 Å². The molecule has 0 aromatic carbocycles. The van der Waals surface area contributed by atoms with Crippen LogP contribution < -0.4 is 20.9 Å². The van der Waals surface area contributed by atoms with Crippen LogP contribution in [0.2, 0.25) is 0 Å². The number of rotatable bonds is 4. The molecule has 0 saturated carbocycles. The number of piperazine rings is 1. The van der Waals surface area contributed by atoms with Crippen LogP contribution in [0.15, 0.2) is 0 Å². The highest BCUT2D eigenvalue weighted by molar-refractivity contribution is 5.89. The normalized spacial score (nSPS) is 17.9. The monoisotopic (exact) mass is 295 g/mol. The standard InChI is InChI=1S/C12H21N7O2/c1-5-21-11-15-9(17-13)14-10(16-11)19-7-6-18(4)8(20)12(19,2)3/h5-7,13H2,1-4H3,(H,14,15,16,17). The van der Waals surface area contributed by atoms with Gasteiger partial charge < -0.3 is 14.5 Å². The van der Waals surface area contributed by atoms with Gasteiger partial charge in [0.2, 0.25) is 17.8 Å². The highest BCUT2D eigenvalue weighted by Crippen LogP contribution is 2.27. The van der Waals surface area contributed by atoms with Crippen LogP contribution in [0.5, 0.6) is 6.01 Å². The van der Waals surface area contributed by atoms with Gasteiger partial charge in [-0.15, -0.1) is 0 Å². The van der Waals surface area contributed by atoms with E-state index in [1.54, 1.807) is 11.9 Å². The van der Waals surface area contributed by atoms with Gasteiger partial charge in [-0.05, 0) is 20.8 Å². The third kappa shape index (κ3) is 2.82. The number of likely N-dealkylation sites (N-methyl/N-ethyl adjacent to an activating group) is 1. The fraction of sp³-hybridized carbons (Fsp3) is 0.667. The zero-order chi connectivity index (χ0) is 15.6. The van der Waals surface area contributed by atoms with E-state index >= 15 is 0 Å². The van der Waals surface area contributed by atoms with Crippen LogP contribution in [0.1, 0.15) is 20.8 Å². The van der Waals surface area contributed by atoms with Gasteiger partial charge in [0.05, 0.1) is 6.61 Å². The van der Waals surface area contributed by atoms with Gasteiger partial charge in [0.25, 0.3) is 0 Å². The second kappa shape index (κ2) is 5.68. The highest BCUT2D eigenvalue weighted by Gasteiger charge is 2.42. The Balaban J connectivity index is 2.40. The third-order valence-corrected chi connectivity index (χ3v) is 3.45. The van der Waals surface area contributed by atoms with Gasteiger partial charge in [-0.1, -0.05) is 0 Å². The Labute approximate surface area is 123 Å². The fourth-order valence-electron chi connectivity index (χ4n) is 2.29. The maximum absolute atomic E-state index is 12.3. The lowest BCUT2D eigenvalue weighted by Crippen LogP contribution is -2.62. The minimum Gasteiger partial charge on any atom is -0.464 e. The summed E-state index contributed by atoms with van der Waals surface area (Å²) in [6.07, 6.45) is 0. The number of nitrogens with two attached hydrogens (primary N) is 1. The molecule has 2 heterocycles. The number of nitrogen functional groups attached to an aromatic ring is 1. The topological polar surface area (TPSA) is 109 Å². The molecule has 21 heavy (non-hydrogen) atoms. The van der Waals surface area contributed by atoms with Crippen LogP contribution in [-0.4, -0.2) is 58.0 Å². The molecule has 1 amide bonds. The van der Waals surface area contributed by atoms with Crippen LogP contribution in [0.25, 0.3) is 0 Å². The number of hydrazine groups is 1. The summed E-state index contributed by atoms with van der Waals surface area (Å²) in [5.41, 5.74) is 1.64. The molecule has 9 nitrogen and oxygen atoms in total. The van der Waals surface area contributed by atoms with Crippen LogP contribution >= 0.6 is 0 Å². The minimum absolute atomic E-state index is 0.00868. The first kappa shape index (κ1) is 15.2. The lowest BCUT2D eigenvalue weighted by Gasteiger charge is -2.44. The number of aromatic nitrogens is 3. The van der Waals surface area contributed by atoms with Crippen molar-refractivity contribution >= 4 is 17.8 Å². The fourth-order valence-corrected chi connectivity index (χ4v) is 2.29. The summed E-state index contributed by atoms with van der Waals surface area (Å²) in [6.45, 7) is 7.16. The Bertz CT molecular complexity index is 534. The average Bonchev–Trinajstić information content (AvgIpc) is 2.45. The van der Waals surface area contributed by atoms with Crippen LogP contribution in [0.4, 0.5) is 11.9 Å². The van der Waals surface area contributed by atoms with E-state index in [0.29, 0.717) is 25.6 Å². The van der Waals surface area contributed by atoms with Crippen molar-refractivity contribution in [2.24, 2.45) is 5.84 Å². The van der Waals surface area contributed by atoms with Crippen molar-refractivity contribution < 1.29 is 9.53 Å². The molecule has 1 fully saturated rings. The minimum atomic E-state index is -0.746. The summed E-state index contributed by atoms with van der Waals surface area (Å²) in [6, 6.07) is 0.178. The molecule has 3 N–H and O–H groups in total. The number of hydrogen-bond donors (Lipinski definition) is 2. The zero-order valence-corrected chi connectivity index (χ0v) is 12.8. The van der Waals surface area contributed by atoms with Crippen LogP contribution in [0, 0.1) is 0 Å². The van der Waals surface area contributed by atoms with E-state index in [1.807, 2.05) is 25.7 Å². The first-order valence-electron chi connectivity index (χ1n) is 6.78. The third-order valence-electron chi connectivity index (χ3n) is 3.45. The first-order valence-corrected chi connectivity index (χ1v) is 6.78.